The maximum Gasteiger partial charge on any atom is 0.416 e. The molecule has 25 heavy (non-hydrogen) atoms. The first kappa shape index (κ1) is 17.1. The molecule has 2 unspecified atom stereocenters. The predicted octanol–water partition coefficient (Wildman–Crippen LogP) is 3.59. The van der Waals surface area contributed by atoms with Gasteiger partial charge in [0.15, 0.2) is 0 Å². The summed E-state index contributed by atoms with van der Waals surface area (Å²) in [7, 11) is 0. The summed E-state index contributed by atoms with van der Waals surface area (Å²) in [6.07, 6.45) is -5.06. The van der Waals surface area contributed by atoms with Crippen LogP contribution in [0.15, 0.2) is 39.6 Å². The number of nitrogens with one attached hydrogen (secondary N) is 1. The molecule has 6 nitrogen and oxygen atoms in total. The second-order valence-corrected chi connectivity index (χ2v) is 5.95. The van der Waals surface area contributed by atoms with Crippen molar-refractivity contribution in [3.8, 4) is 0 Å². The lowest BCUT2D eigenvalue weighted by molar-refractivity contribution is -0.137. The molecule has 0 radical (unpaired) electrons. The number of rotatable bonds is 2. The molecular weight excluding hydrogens is 341 g/mol. The van der Waals surface area contributed by atoms with Gasteiger partial charge in [0.25, 0.3) is 5.56 Å². The smallest absolute Gasteiger partial charge is 0.416 e. The van der Waals surface area contributed by atoms with Gasteiger partial charge in [0.2, 0.25) is 0 Å². The average Bonchev–Trinajstić information content (AvgIpc) is 3.00. The van der Waals surface area contributed by atoms with Crippen LogP contribution in [0.3, 0.4) is 0 Å². The van der Waals surface area contributed by atoms with Crippen LogP contribution < -0.4 is 5.56 Å². The predicted molar refractivity (Wildman–Crippen MR) is 80.2 cm³/mol. The summed E-state index contributed by atoms with van der Waals surface area (Å²) in [5.74, 6) is 0.126. The molecule has 1 aliphatic rings. The molecule has 1 amide bonds. The third kappa shape index (κ3) is 3.54. The van der Waals surface area contributed by atoms with E-state index in [-0.39, 0.29) is 24.4 Å². The number of hydrogen-bond acceptors (Lipinski definition) is 3. The number of amides is 1. The molecule has 2 heterocycles. The molecule has 0 bridgehead atoms. The highest BCUT2D eigenvalue weighted by molar-refractivity contribution is 5.66. The van der Waals surface area contributed by atoms with Gasteiger partial charge in [-0.05, 0) is 30.5 Å². The van der Waals surface area contributed by atoms with E-state index in [4.69, 9.17) is 4.52 Å². The first-order valence-corrected chi connectivity index (χ1v) is 7.61. The zero-order valence-corrected chi connectivity index (χ0v) is 12.9. The number of carbonyl (C=O) groups is 1. The number of piperidine rings is 1. The maximum absolute atomic E-state index is 13.0. The first-order valence-electron chi connectivity index (χ1n) is 7.61. The Morgan fingerprint density at radius 1 is 1.32 bits per heavy atom. The standard InChI is InChI=1S/C16H15F3N2O4/c17-16(18,19)11-3-1-2-9(6-11)12-7-10(4-5-21(12)15(23)24)13-8-14(22)20-25-13/h1-3,6,8,10,12H,4-5,7H2,(H,20,22)(H,23,24). The molecule has 2 atom stereocenters. The van der Waals surface area contributed by atoms with E-state index in [0.29, 0.717) is 12.2 Å². The highest BCUT2D eigenvalue weighted by Gasteiger charge is 2.36. The third-order valence-electron chi connectivity index (χ3n) is 4.39. The van der Waals surface area contributed by atoms with Crippen LogP contribution in [0.5, 0.6) is 0 Å². The van der Waals surface area contributed by atoms with E-state index in [0.717, 1.165) is 17.0 Å². The second kappa shape index (κ2) is 6.30. The van der Waals surface area contributed by atoms with E-state index in [2.05, 4.69) is 5.16 Å². The summed E-state index contributed by atoms with van der Waals surface area (Å²) in [4.78, 5) is 23.8. The minimum Gasteiger partial charge on any atom is -0.465 e. The SMILES string of the molecule is O=C(O)N1CCC(c2cc(=O)[nH]o2)CC1c1cccc(C(F)(F)F)c1. The number of aromatic nitrogens is 1. The number of hydrogen-bond donors (Lipinski definition) is 2. The number of aromatic amines is 1. The Morgan fingerprint density at radius 2 is 2.08 bits per heavy atom. The van der Waals surface area contributed by atoms with Crippen LogP contribution >= 0.6 is 0 Å². The Bertz CT molecular complexity index is 827. The van der Waals surface area contributed by atoms with Crippen LogP contribution in [0.2, 0.25) is 0 Å². The molecule has 0 spiro atoms. The van der Waals surface area contributed by atoms with Crippen LogP contribution in [-0.2, 0) is 6.18 Å². The molecule has 0 saturated carbocycles. The van der Waals surface area contributed by atoms with Gasteiger partial charge in [-0.25, -0.2) is 4.79 Å². The van der Waals surface area contributed by atoms with Crippen LogP contribution in [-0.4, -0.2) is 27.8 Å². The van der Waals surface area contributed by atoms with Gasteiger partial charge in [0.05, 0.1) is 11.6 Å². The Morgan fingerprint density at radius 3 is 2.68 bits per heavy atom. The maximum atomic E-state index is 13.0. The van der Waals surface area contributed by atoms with Gasteiger partial charge in [-0.3, -0.25) is 4.79 Å². The monoisotopic (exact) mass is 356 g/mol. The summed E-state index contributed by atoms with van der Waals surface area (Å²) in [6.45, 7) is 0.135. The topological polar surface area (TPSA) is 86.5 Å². The molecule has 3 rings (SSSR count). The molecule has 0 aliphatic carbocycles. The Kier molecular flexibility index (Phi) is 4.32. The molecule has 2 aromatic rings. The largest absolute Gasteiger partial charge is 0.465 e. The van der Waals surface area contributed by atoms with Crippen LogP contribution in [0, 0.1) is 0 Å². The lowest BCUT2D eigenvalue weighted by Gasteiger charge is -2.37. The second-order valence-electron chi connectivity index (χ2n) is 5.95. The number of carboxylic acid groups (broad SMARTS) is 1. The molecule has 2 N–H and O–H groups in total. The van der Waals surface area contributed by atoms with Crippen LogP contribution in [0.25, 0.3) is 0 Å². The lowest BCUT2D eigenvalue weighted by atomic mass is 9.85. The number of likely N-dealkylation sites (tertiary alicyclic amines) is 1. The third-order valence-corrected chi connectivity index (χ3v) is 4.39. The van der Waals surface area contributed by atoms with Gasteiger partial charge in [0, 0.05) is 18.5 Å². The number of alkyl halides is 3. The van der Waals surface area contributed by atoms with Crippen molar-refractivity contribution in [1.29, 1.82) is 0 Å². The van der Waals surface area contributed by atoms with Crippen molar-refractivity contribution in [2.45, 2.75) is 31.0 Å². The molecule has 1 saturated heterocycles. The minimum absolute atomic E-state index is 0.135. The van der Waals surface area contributed by atoms with Gasteiger partial charge in [-0.1, -0.05) is 12.1 Å². The summed E-state index contributed by atoms with van der Waals surface area (Å²) in [5, 5.41) is 11.6. The molecule has 1 aromatic heterocycles. The van der Waals surface area contributed by atoms with Crippen molar-refractivity contribution in [2.75, 3.05) is 6.54 Å². The molecule has 1 fully saturated rings. The highest BCUT2D eigenvalue weighted by Crippen LogP contribution is 2.40. The van der Waals surface area contributed by atoms with Crippen molar-refractivity contribution in [3.63, 3.8) is 0 Å². The molecule has 134 valence electrons. The van der Waals surface area contributed by atoms with Crippen LogP contribution in [0.1, 0.15) is 41.7 Å². The van der Waals surface area contributed by atoms with Crippen molar-refractivity contribution in [3.05, 3.63) is 57.6 Å². The molecule has 1 aromatic carbocycles. The fourth-order valence-corrected chi connectivity index (χ4v) is 3.19. The van der Waals surface area contributed by atoms with E-state index < -0.39 is 29.4 Å². The Balaban J connectivity index is 1.94. The molecule has 9 heteroatoms. The number of halogens is 3. The van der Waals surface area contributed by atoms with Gasteiger partial charge in [-0.2, -0.15) is 18.3 Å². The lowest BCUT2D eigenvalue weighted by Crippen LogP contribution is -2.39. The summed E-state index contributed by atoms with van der Waals surface area (Å²) in [5.41, 5.74) is -0.975. The highest BCUT2D eigenvalue weighted by atomic mass is 19.4. The number of benzene rings is 1. The van der Waals surface area contributed by atoms with Gasteiger partial charge >= 0.3 is 12.3 Å². The molecular formula is C16H15F3N2O4. The summed E-state index contributed by atoms with van der Waals surface area (Å²) < 4.78 is 43.9. The first-order chi connectivity index (χ1) is 11.8. The average molecular weight is 356 g/mol. The van der Waals surface area contributed by atoms with Gasteiger partial charge in [-0.15, -0.1) is 0 Å². The van der Waals surface area contributed by atoms with Crippen LogP contribution in [0.4, 0.5) is 18.0 Å². The van der Waals surface area contributed by atoms with E-state index in [9.17, 15) is 27.9 Å². The minimum atomic E-state index is -4.51. The van der Waals surface area contributed by atoms with E-state index >= 15 is 0 Å². The van der Waals surface area contributed by atoms with E-state index in [1.807, 2.05) is 0 Å². The van der Waals surface area contributed by atoms with Gasteiger partial charge < -0.3 is 14.5 Å². The van der Waals surface area contributed by atoms with Crippen molar-refractivity contribution >= 4 is 6.09 Å². The summed E-state index contributed by atoms with van der Waals surface area (Å²) >= 11 is 0. The summed E-state index contributed by atoms with van der Waals surface area (Å²) in [6, 6.07) is 5.18. The zero-order chi connectivity index (χ0) is 18.2. The van der Waals surface area contributed by atoms with E-state index in [1.54, 1.807) is 0 Å². The van der Waals surface area contributed by atoms with Crippen molar-refractivity contribution in [1.82, 2.24) is 10.1 Å². The Labute approximate surface area is 139 Å². The normalized spacial score (nSPS) is 21.3. The van der Waals surface area contributed by atoms with E-state index in [1.165, 1.54) is 18.2 Å². The van der Waals surface area contributed by atoms with Crippen molar-refractivity contribution in [2.24, 2.45) is 0 Å². The Hall–Kier alpha value is -2.71. The van der Waals surface area contributed by atoms with Gasteiger partial charge in [0.1, 0.15) is 5.76 Å². The fraction of sp³-hybridized carbons (Fsp3) is 0.375. The quantitative estimate of drug-likeness (QED) is 0.861. The molecule has 1 aliphatic heterocycles. The van der Waals surface area contributed by atoms with Crippen molar-refractivity contribution < 1.29 is 27.6 Å². The fourth-order valence-electron chi connectivity index (χ4n) is 3.19. The zero-order valence-electron chi connectivity index (χ0n) is 12.9. The number of nitrogens with zero attached hydrogens (tertiary/aromatic N) is 1. The number of H-pyrrole nitrogens is 1.